The van der Waals surface area contributed by atoms with E-state index in [0.717, 1.165) is 19.0 Å². The standard InChI is InChI=1S/C14H26N4/c1-11-8-17-6-2-3-12(17)9-18(11)10-14(4-5-14)7-13(15)16/h11-12H,2-10H2,1H3,(H3,15,16). The fourth-order valence-electron chi connectivity index (χ4n) is 3.87. The molecule has 3 rings (SSSR count). The zero-order valence-electron chi connectivity index (χ0n) is 11.5. The van der Waals surface area contributed by atoms with Crippen molar-refractivity contribution in [3.63, 3.8) is 0 Å². The molecule has 3 aliphatic rings. The minimum atomic E-state index is 0.362. The van der Waals surface area contributed by atoms with Crippen LogP contribution in [0.5, 0.6) is 0 Å². The fraction of sp³-hybridized carbons (Fsp3) is 0.929. The van der Waals surface area contributed by atoms with Gasteiger partial charge in [-0.25, -0.2) is 0 Å². The highest BCUT2D eigenvalue weighted by atomic mass is 15.3. The van der Waals surface area contributed by atoms with Crippen LogP contribution in [0.15, 0.2) is 0 Å². The summed E-state index contributed by atoms with van der Waals surface area (Å²) in [5, 5.41) is 7.53. The molecule has 0 spiro atoms. The second kappa shape index (κ2) is 4.49. The van der Waals surface area contributed by atoms with Gasteiger partial charge in [-0.15, -0.1) is 0 Å². The van der Waals surface area contributed by atoms with E-state index >= 15 is 0 Å². The average molecular weight is 250 g/mol. The Morgan fingerprint density at radius 3 is 2.83 bits per heavy atom. The Kier molecular flexibility index (Phi) is 3.10. The lowest BCUT2D eigenvalue weighted by molar-refractivity contribution is 0.0453. The number of hydrogen-bond acceptors (Lipinski definition) is 3. The monoisotopic (exact) mass is 250 g/mol. The fourth-order valence-corrected chi connectivity index (χ4v) is 3.87. The molecule has 2 unspecified atom stereocenters. The summed E-state index contributed by atoms with van der Waals surface area (Å²) in [6.45, 7) is 7.31. The first-order valence-corrected chi connectivity index (χ1v) is 7.39. The summed E-state index contributed by atoms with van der Waals surface area (Å²) in [4.78, 5) is 5.34. The van der Waals surface area contributed by atoms with Crippen molar-refractivity contribution in [3.8, 4) is 0 Å². The summed E-state index contributed by atoms with van der Waals surface area (Å²) >= 11 is 0. The molecule has 4 nitrogen and oxygen atoms in total. The Balaban J connectivity index is 1.60. The predicted molar refractivity (Wildman–Crippen MR) is 73.8 cm³/mol. The van der Waals surface area contributed by atoms with Crippen LogP contribution in [0, 0.1) is 10.8 Å². The van der Waals surface area contributed by atoms with Crippen LogP contribution in [0.4, 0.5) is 0 Å². The third-order valence-corrected chi connectivity index (χ3v) is 5.13. The lowest BCUT2D eigenvalue weighted by atomic mass is 9.98. The molecule has 2 atom stereocenters. The molecule has 102 valence electrons. The van der Waals surface area contributed by atoms with Gasteiger partial charge in [0.25, 0.3) is 0 Å². The predicted octanol–water partition coefficient (Wildman–Crippen LogP) is 1.26. The molecule has 3 fully saturated rings. The molecule has 4 heteroatoms. The molecule has 3 N–H and O–H groups in total. The van der Waals surface area contributed by atoms with Gasteiger partial charge in [0, 0.05) is 38.1 Å². The zero-order chi connectivity index (χ0) is 12.8. The summed E-state index contributed by atoms with van der Waals surface area (Å²) in [6, 6.07) is 1.47. The first kappa shape index (κ1) is 12.4. The van der Waals surface area contributed by atoms with Crippen molar-refractivity contribution in [3.05, 3.63) is 0 Å². The number of nitrogens with one attached hydrogen (secondary N) is 1. The van der Waals surface area contributed by atoms with Gasteiger partial charge in [-0.3, -0.25) is 15.2 Å². The van der Waals surface area contributed by atoms with Crippen LogP contribution >= 0.6 is 0 Å². The molecule has 0 amide bonds. The van der Waals surface area contributed by atoms with Gasteiger partial charge in [-0.2, -0.15) is 0 Å². The Hall–Kier alpha value is -0.610. The van der Waals surface area contributed by atoms with Crippen molar-refractivity contribution in [1.82, 2.24) is 9.80 Å². The smallest absolute Gasteiger partial charge is 0.0911 e. The molecule has 0 bridgehead atoms. The minimum absolute atomic E-state index is 0.362. The van der Waals surface area contributed by atoms with E-state index in [1.165, 1.54) is 45.3 Å². The normalized spacial score (nSPS) is 35.4. The van der Waals surface area contributed by atoms with Gasteiger partial charge in [0.05, 0.1) is 5.84 Å². The van der Waals surface area contributed by atoms with Crippen molar-refractivity contribution in [2.24, 2.45) is 11.1 Å². The second-order valence-corrected chi connectivity index (χ2v) is 6.77. The highest BCUT2D eigenvalue weighted by molar-refractivity contribution is 5.78. The van der Waals surface area contributed by atoms with E-state index in [1.807, 2.05) is 0 Å². The summed E-state index contributed by atoms with van der Waals surface area (Å²) in [5.74, 6) is 0.375. The summed E-state index contributed by atoms with van der Waals surface area (Å²) in [5.41, 5.74) is 5.96. The third kappa shape index (κ3) is 2.41. The summed E-state index contributed by atoms with van der Waals surface area (Å²) in [6.07, 6.45) is 6.10. The number of piperazine rings is 1. The number of nitrogens with two attached hydrogens (primary N) is 1. The van der Waals surface area contributed by atoms with Crippen LogP contribution in [0.1, 0.15) is 39.0 Å². The van der Waals surface area contributed by atoms with Crippen LogP contribution < -0.4 is 5.73 Å². The molecular weight excluding hydrogens is 224 g/mol. The van der Waals surface area contributed by atoms with E-state index in [4.69, 9.17) is 11.1 Å². The van der Waals surface area contributed by atoms with Gasteiger partial charge in [-0.05, 0) is 44.6 Å². The Bertz CT molecular complexity index is 337. The van der Waals surface area contributed by atoms with Gasteiger partial charge in [0.1, 0.15) is 0 Å². The van der Waals surface area contributed by atoms with E-state index in [-0.39, 0.29) is 0 Å². The lowest BCUT2D eigenvalue weighted by Crippen LogP contribution is -2.56. The molecule has 1 aliphatic carbocycles. The van der Waals surface area contributed by atoms with Crippen LogP contribution in [-0.4, -0.2) is 53.9 Å². The maximum atomic E-state index is 7.53. The number of nitrogens with zero attached hydrogens (tertiary/aromatic N) is 2. The molecule has 0 aromatic heterocycles. The quantitative estimate of drug-likeness (QED) is 0.583. The van der Waals surface area contributed by atoms with Crippen LogP contribution in [0.2, 0.25) is 0 Å². The molecule has 18 heavy (non-hydrogen) atoms. The van der Waals surface area contributed by atoms with Gasteiger partial charge >= 0.3 is 0 Å². The maximum absolute atomic E-state index is 7.53. The Morgan fingerprint density at radius 2 is 2.17 bits per heavy atom. The van der Waals surface area contributed by atoms with Crippen molar-refractivity contribution in [2.75, 3.05) is 26.2 Å². The number of hydrogen-bond donors (Lipinski definition) is 2. The Labute approximate surface area is 110 Å². The molecule has 0 aromatic rings. The van der Waals surface area contributed by atoms with Crippen molar-refractivity contribution < 1.29 is 0 Å². The molecule has 0 radical (unpaired) electrons. The topological polar surface area (TPSA) is 56.4 Å². The van der Waals surface area contributed by atoms with E-state index in [2.05, 4.69) is 16.7 Å². The molecule has 2 heterocycles. The average Bonchev–Trinajstić information content (AvgIpc) is 2.86. The highest BCUT2D eigenvalue weighted by Crippen LogP contribution is 2.49. The highest BCUT2D eigenvalue weighted by Gasteiger charge is 2.46. The van der Waals surface area contributed by atoms with Crippen molar-refractivity contribution in [1.29, 1.82) is 5.41 Å². The van der Waals surface area contributed by atoms with E-state index in [9.17, 15) is 0 Å². The van der Waals surface area contributed by atoms with Crippen molar-refractivity contribution >= 4 is 5.84 Å². The number of amidine groups is 1. The van der Waals surface area contributed by atoms with Gasteiger partial charge in [0.2, 0.25) is 0 Å². The number of rotatable bonds is 4. The Morgan fingerprint density at radius 1 is 1.39 bits per heavy atom. The maximum Gasteiger partial charge on any atom is 0.0911 e. The zero-order valence-corrected chi connectivity index (χ0v) is 11.5. The van der Waals surface area contributed by atoms with Gasteiger partial charge in [0.15, 0.2) is 0 Å². The van der Waals surface area contributed by atoms with Gasteiger partial charge < -0.3 is 5.73 Å². The first-order valence-electron chi connectivity index (χ1n) is 7.39. The van der Waals surface area contributed by atoms with Crippen molar-refractivity contribution in [2.45, 2.75) is 51.1 Å². The molecule has 2 aliphatic heterocycles. The molecule has 2 saturated heterocycles. The van der Waals surface area contributed by atoms with E-state index in [1.54, 1.807) is 0 Å². The molecule has 1 saturated carbocycles. The van der Waals surface area contributed by atoms with Crippen LogP contribution in [0.3, 0.4) is 0 Å². The van der Waals surface area contributed by atoms with E-state index < -0.39 is 0 Å². The van der Waals surface area contributed by atoms with Crippen LogP contribution in [0.25, 0.3) is 0 Å². The van der Waals surface area contributed by atoms with E-state index in [0.29, 0.717) is 17.3 Å². The summed E-state index contributed by atoms with van der Waals surface area (Å²) < 4.78 is 0. The molecular formula is C14H26N4. The third-order valence-electron chi connectivity index (χ3n) is 5.13. The molecule has 0 aromatic carbocycles. The minimum Gasteiger partial charge on any atom is -0.388 e. The van der Waals surface area contributed by atoms with Crippen LogP contribution in [-0.2, 0) is 0 Å². The summed E-state index contributed by atoms with van der Waals surface area (Å²) in [7, 11) is 0. The SMILES string of the molecule is CC1CN2CCCC2CN1CC1(CC(=N)N)CC1. The lowest BCUT2D eigenvalue weighted by Gasteiger charge is -2.43. The number of fused-ring (bicyclic) bond motifs is 1. The first-order chi connectivity index (χ1) is 8.58. The largest absolute Gasteiger partial charge is 0.388 e. The van der Waals surface area contributed by atoms with Gasteiger partial charge in [-0.1, -0.05) is 0 Å². The second-order valence-electron chi connectivity index (χ2n) is 6.77.